The van der Waals surface area contributed by atoms with Crippen molar-refractivity contribution in [2.24, 2.45) is 0 Å². The fourth-order valence-corrected chi connectivity index (χ4v) is 4.33. The minimum absolute atomic E-state index is 0.0262. The number of hydrogen-bond donors (Lipinski definition) is 2. The van der Waals surface area contributed by atoms with Crippen molar-refractivity contribution < 1.29 is 23.5 Å². The average molecular weight is 449 g/mol. The Bertz CT molecular complexity index is 1170. The number of nitrogens with one attached hydrogen (secondary N) is 2. The van der Waals surface area contributed by atoms with E-state index in [0.29, 0.717) is 31.4 Å². The number of esters is 1. The van der Waals surface area contributed by atoms with Crippen molar-refractivity contribution in [2.45, 2.75) is 51.1 Å². The van der Waals surface area contributed by atoms with Crippen LogP contribution in [0.1, 0.15) is 54.5 Å². The summed E-state index contributed by atoms with van der Waals surface area (Å²) in [5.41, 5.74) is 0.705. The van der Waals surface area contributed by atoms with Crippen LogP contribution in [0, 0.1) is 0 Å². The monoisotopic (exact) mass is 448 g/mol. The number of benzene rings is 2. The fraction of sp³-hybridized carbons (Fsp3) is 0.346. The SMILES string of the molecule is CCOC(=O)c1ccc(CNC(=O)CCC2(Cc3ccc4ccccc4c3)CCC(=O)N2)o1. The molecule has 33 heavy (non-hydrogen) atoms. The lowest BCUT2D eigenvalue weighted by Gasteiger charge is -2.29. The smallest absolute Gasteiger partial charge is 0.374 e. The molecule has 2 amide bonds. The molecule has 1 saturated heterocycles. The largest absolute Gasteiger partial charge is 0.460 e. The van der Waals surface area contributed by atoms with E-state index in [9.17, 15) is 14.4 Å². The summed E-state index contributed by atoms with van der Waals surface area (Å²) in [7, 11) is 0. The Morgan fingerprint density at radius 3 is 2.70 bits per heavy atom. The van der Waals surface area contributed by atoms with Crippen LogP contribution in [0.2, 0.25) is 0 Å². The predicted octanol–water partition coefficient (Wildman–Crippen LogP) is 3.90. The summed E-state index contributed by atoms with van der Waals surface area (Å²) in [6.07, 6.45) is 2.67. The molecule has 2 heterocycles. The lowest BCUT2D eigenvalue weighted by Crippen LogP contribution is -2.44. The number of hydrogen-bond acceptors (Lipinski definition) is 5. The normalized spacial score (nSPS) is 17.7. The molecule has 1 aliphatic heterocycles. The Hall–Kier alpha value is -3.61. The van der Waals surface area contributed by atoms with Gasteiger partial charge in [-0.1, -0.05) is 42.5 Å². The zero-order valence-electron chi connectivity index (χ0n) is 18.7. The molecule has 2 aromatic carbocycles. The number of carbonyl (C=O) groups is 3. The number of rotatable bonds is 9. The van der Waals surface area contributed by atoms with Gasteiger partial charge in [-0.25, -0.2) is 4.79 Å². The third kappa shape index (κ3) is 5.61. The molecule has 4 rings (SSSR count). The first-order valence-electron chi connectivity index (χ1n) is 11.3. The predicted molar refractivity (Wildman–Crippen MR) is 124 cm³/mol. The number of amides is 2. The van der Waals surface area contributed by atoms with E-state index < -0.39 is 11.5 Å². The molecule has 0 saturated carbocycles. The summed E-state index contributed by atoms with van der Waals surface area (Å²) < 4.78 is 10.3. The molecule has 7 heteroatoms. The minimum Gasteiger partial charge on any atom is -0.460 e. The van der Waals surface area contributed by atoms with E-state index in [2.05, 4.69) is 41.0 Å². The van der Waals surface area contributed by atoms with Crippen molar-refractivity contribution in [1.29, 1.82) is 0 Å². The third-order valence-corrected chi connectivity index (χ3v) is 6.02. The second kappa shape index (κ2) is 9.90. The quantitative estimate of drug-likeness (QED) is 0.484. The van der Waals surface area contributed by atoms with Gasteiger partial charge in [0.05, 0.1) is 13.2 Å². The summed E-state index contributed by atoms with van der Waals surface area (Å²) in [5, 5.41) is 8.29. The Morgan fingerprint density at radius 2 is 1.94 bits per heavy atom. The minimum atomic E-state index is -0.525. The van der Waals surface area contributed by atoms with E-state index in [1.54, 1.807) is 13.0 Å². The van der Waals surface area contributed by atoms with E-state index >= 15 is 0 Å². The topological polar surface area (TPSA) is 97.6 Å². The molecule has 0 bridgehead atoms. The van der Waals surface area contributed by atoms with Gasteiger partial charge in [0.2, 0.25) is 17.6 Å². The van der Waals surface area contributed by atoms with Gasteiger partial charge in [0, 0.05) is 18.4 Å². The van der Waals surface area contributed by atoms with E-state index in [1.165, 1.54) is 11.5 Å². The van der Waals surface area contributed by atoms with Crippen LogP contribution in [0.5, 0.6) is 0 Å². The van der Waals surface area contributed by atoms with Gasteiger partial charge in [-0.3, -0.25) is 9.59 Å². The first-order chi connectivity index (χ1) is 16.0. The van der Waals surface area contributed by atoms with Gasteiger partial charge < -0.3 is 19.8 Å². The van der Waals surface area contributed by atoms with Crippen LogP contribution in [-0.4, -0.2) is 29.9 Å². The maximum absolute atomic E-state index is 12.5. The highest BCUT2D eigenvalue weighted by atomic mass is 16.5. The van der Waals surface area contributed by atoms with Gasteiger partial charge >= 0.3 is 5.97 Å². The van der Waals surface area contributed by atoms with Crippen LogP contribution in [0.4, 0.5) is 0 Å². The van der Waals surface area contributed by atoms with E-state index in [4.69, 9.17) is 9.15 Å². The molecule has 1 atom stereocenters. The molecule has 2 N–H and O–H groups in total. The second-order valence-corrected chi connectivity index (χ2v) is 8.45. The van der Waals surface area contributed by atoms with Crippen molar-refractivity contribution in [3.05, 3.63) is 71.7 Å². The average Bonchev–Trinajstić information content (AvgIpc) is 3.43. The lowest BCUT2D eigenvalue weighted by molar-refractivity contribution is -0.123. The molecule has 1 aromatic heterocycles. The Kier molecular flexibility index (Phi) is 6.77. The molecule has 1 aliphatic rings. The van der Waals surface area contributed by atoms with Crippen molar-refractivity contribution in [1.82, 2.24) is 10.6 Å². The summed E-state index contributed by atoms with van der Waals surface area (Å²) >= 11 is 0. The summed E-state index contributed by atoms with van der Waals surface area (Å²) in [5.74, 6) is -0.0420. The van der Waals surface area contributed by atoms with E-state index in [1.807, 2.05) is 12.1 Å². The first-order valence-corrected chi connectivity index (χ1v) is 11.3. The highest BCUT2D eigenvalue weighted by Gasteiger charge is 2.37. The van der Waals surface area contributed by atoms with Crippen LogP contribution in [0.25, 0.3) is 10.8 Å². The van der Waals surface area contributed by atoms with Crippen molar-refractivity contribution >= 4 is 28.6 Å². The number of furan rings is 1. The first kappa shape index (κ1) is 22.6. The van der Waals surface area contributed by atoms with Crippen LogP contribution in [0.15, 0.2) is 59.0 Å². The zero-order chi connectivity index (χ0) is 23.3. The van der Waals surface area contributed by atoms with Gasteiger partial charge in [-0.2, -0.15) is 0 Å². The maximum atomic E-state index is 12.5. The van der Waals surface area contributed by atoms with Gasteiger partial charge in [0.15, 0.2) is 0 Å². The van der Waals surface area contributed by atoms with Crippen LogP contribution in [-0.2, 0) is 27.3 Å². The molecule has 0 spiro atoms. The van der Waals surface area contributed by atoms with Gasteiger partial charge in [0.25, 0.3) is 0 Å². The van der Waals surface area contributed by atoms with Crippen molar-refractivity contribution in [2.75, 3.05) is 6.61 Å². The third-order valence-electron chi connectivity index (χ3n) is 6.02. The molecular weight excluding hydrogens is 420 g/mol. The fourth-order valence-electron chi connectivity index (χ4n) is 4.33. The number of carbonyl (C=O) groups excluding carboxylic acids is 3. The summed E-state index contributed by atoms with van der Waals surface area (Å²) in [6.45, 7) is 2.17. The zero-order valence-corrected chi connectivity index (χ0v) is 18.7. The van der Waals surface area contributed by atoms with E-state index in [0.717, 1.165) is 10.9 Å². The lowest BCUT2D eigenvalue weighted by atomic mass is 9.84. The molecule has 172 valence electrons. The number of fused-ring (bicyclic) bond motifs is 1. The number of ether oxygens (including phenoxy) is 1. The maximum Gasteiger partial charge on any atom is 0.374 e. The Morgan fingerprint density at radius 1 is 1.12 bits per heavy atom. The summed E-state index contributed by atoms with van der Waals surface area (Å²) in [6, 6.07) is 17.7. The van der Waals surface area contributed by atoms with Crippen LogP contribution in [0.3, 0.4) is 0 Å². The standard InChI is InChI=1S/C26H28N2O5/c1-2-32-25(31)22-10-9-21(33-22)17-27-23(29)11-13-26(14-12-24(30)28-26)16-18-7-8-19-5-3-4-6-20(19)15-18/h3-10,15H,2,11-14,16-17H2,1H3,(H,27,29)(H,28,30). The highest BCUT2D eigenvalue weighted by molar-refractivity contribution is 5.86. The molecule has 0 aliphatic carbocycles. The molecular formula is C26H28N2O5. The van der Waals surface area contributed by atoms with E-state index in [-0.39, 0.29) is 37.1 Å². The molecule has 1 unspecified atom stereocenters. The van der Waals surface area contributed by atoms with Crippen LogP contribution >= 0.6 is 0 Å². The van der Waals surface area contributed by atoms with Gasteiger partial charge in [-0.05, 0) is 54.7 Å². The van der Waals surface area contributed by atoms with Crippen molar-refractivity contribution in [3.63, 3.8) is 0 Å². The molecule has 0 radical (unpaired) electrons. The highest BCUT2D eigenvalue weighted by Crippen LogP contribution is 2.30. The van der Waals surface area contributed by atoms with Gasteiger partial charge in [0.1, 0.15) is 5.76 Å². The molecule has 7 nitrogen and oxygen atoms in total. The van der Waals surface area contributed by atoms with Gasteiger partial charge in [-0.15, -0.1) is 0 Å². The molecule has 1 fully saturated rings. The second-order valence-electron chi connectivity index (χ2n) is 8.45. The Labute approximate surface area is 192 Å². The van der Waals surface area contributed by atoms with Crippen LogP contribution < -0.4 is 10.6 Å². The molecule has 3 aromatic rings. The van der Waals surface area contributed by atoms with Crippen molar-refractivity contribution in [3.8, 4) is 0 Å². The Balaban J connectivity index is 1.35. The summed E-state index contributed by atoms with van der Waals surface area (Å²) in [4.78, 5) is 36.3.